The van der Waals surface area contributed by atoms with E-state index in [0.29, 0.717) is 11.1 Å². The average Bonchev–Trinajstić information content (AvgIpc) is 3.27. The number of thiazole rings is 1. The van der Waals surface area contributed by atoms with E-state index >= 15 is 0 Å². The van der Waals surface area contributed by atoms with E-state index in [4.69, 9.17) is 4.98 Å². The Morgan fingerprint density at radius 1 is 0.848 bits per heavy atom. The zero-order valence-corrected chi connectivity index (χ0v) is 18.5. The van der Waals surface area contributed by atoms with Crippen molar-refractivity contribution in [3.8, 4) is 17.2 Å². The number of hydrogen-bond acceptors (Lipinski definition) is 4. The van der Waals surface area contributed by atoms with Crippen molar-refractivity contribution in [3.63, 3.8) is 0 Å². The summed E-state index contributed by atoms with van der Waals surface area (Å²) in [4.78, 5) is 17.8. The van der Waals surface area contributed by atoms with Gasteiger partial charge in [0.05, 0.1) is 26.9 Å². The van der Waals surface area contributed by atoms with E-state index in [-0.39, 0.29) is 5.91 Å². The largest absolute Gasteiger partial charge is 0.322 e. The summed E-state index contributed by atoms with van der Waals surface area (Å²) in [5.41, 5.74) is 5.43. The van der Waals surface area contributed by atoms with Gasteiger partial charge in [-0.25, -0.2) is 4.98 Å². The topological polar surface area (TPSA) is 65.8 Å². The minimum Gasteiger partial charge on any atom is -0.322 e. The van der Waals surface area contributed by atoms with E-state index in [1.807, 2.05) is 78.9 Å². The van der Waals surface area contributed by atoms with Crippen LogP contribution in [0.15, 0.2) is 97.1 Å². The Hall–Kier alpha value is -4.27. The fourth-order valence-corrected chi connectivity index (χ4v) is 4.81. The number of rotatable bonds is 5. The zero-order chi connectivity index (χ0) is 22.6. The highest BCUT2D eigenvalue weighted by Crippen LogP contribution is 2.28. The van der Waals surface area contributed by atoms with Gasteiger partial charge in [0.15, 0.2) is 0 Å². The van der Waals surface area contributed by atoms with Crippen LogP contribution in [0.5, 0.6) is 0 Å². The number of nitrogens with one attached hydrogen (secondary N) is 1. The lowest BCUT2D eigenvalue weighted by Crippen LogP contribution is -2.13. The van der Waals surface area contributed by atoms with Crippen LogP contribution in [-0.4, -0.2) is 10.9 Å². The number of amides is 1. The molecule has 158 valence electrons. The Labute approximate surface area is 195 Å². The molecule has 0 radical (unpaired) electrons. The first-order valence-electron chi connectivity index (χ1n) is 10.5. The van der Waals surface area contributed by atoms with Crippen molar-refractivity contribution in [2.75, 3.05) is 5.32 Å². The van der Waals surface area contributed by atoms with Gasteiger partial charge < -0.3 is 5.32 Å². The summed E-state index contributed by atoms with van der Waals surface area (Å²) in [7, 11) is 0. The fraction of sp³-hybridized carbons (Fsp3) is 0.0357. The first kappa shape index (κ1) is 20.6. The monoisotopic (exact) mass is 445 g/mol. The van der Waals surface area contributed by atoms with Gasteiger partial charge in [0, 0.05) is 23.2 Å². The highest BCUT2D eigenvalue weighted by Gasteiger charge is 2.15. The molecular weight excluding hydrogens is 426 g/mol. The van der Waals surface area contributed by atoms with Crippen molar-refractivity contribution in [2.24, 2.45) is 0 Å². The van der Waals surface area contributed by atoms with Gasteiger partial charge in [-0.1, -0.05) is 60.7 Å². The van der Waals surface area contributed by atoms with Gasteiger partial charge in [-0.05, 0) is 47.5 Å². The summed E-state index contributed by atoms with van der Waals surface area (Å²) in [5.74, 6) is -0.211. The lowest BCUT2D eigenvalue weighted by molar-refractivity contribution is 0.102. The molecule has 0 aliphatic rings. The standard InChI is InChI=1S/C28H19N3OS/c29-18-20-7-1-2-8-22(20)23-9-3-4-10-24(23)28(32)30-21-15-13-19(14-16-21)17-27-31-25-11-5-6-12-26(25)33-27/h1-16H,17H2,(H,30,32). The summed E-state index contributed by atoms with van der Waals surface area (Å²) in [5, 5.41) is 13.5. The van der Waals surface area contributed by atoms with Crippen molar-refractivity contribution < 1.29 is 4.79 Å². The normalized spacial score (nSPS) is 10.6. The maximum atomic E-state index is 13.1. The highest BCUT2D eigenvalue weighted by molar-refractivity contribution is 7.18. The molecule has 0 unspecified atom stereocenters. The molecule has 0 atom stereocenters. The number of carbonyl (C=O) groups is 1. The number of benzene rings is 4. The molecule has 1 aromatic heterocycles. The second-order valence-corrected chi connectivity index (χ2v) is 8.72. The molecule has 1 N–H and O–H groups in total. The van der Waals surface area contributed by atoms with Crippen LogP contribution >= 0.6 is 11.3 Å². The number of hydrogen-bond donors (Lipinski definition) is 1. The molecule has 5 rings (SSSR count). The Balaban J connectivity index is 1.34. The molecule has 1 heterocycles. The average molecular weight is 446 g/mol. The zero-order valence-electron chi connectivity index (χ0n) is 17.7. The van der Waals surface area contributed by atoms with Crippen molar-refractivity contribution >= 4 is 33.1 Å². The molecule has 0 fully saturated rings. The minimum absolute atomic E-state index is 0.211. The predicted octanol–water partition coefficient (Wildman–Crippen LogP) is 6.68. The first-order valence-corrected chi connectivity index (χ1v) is 11.4. The fourth-order valence-electron chi connectivity index (χ4n) is 3.81. The second-order valence-electron chi connectivity index (χ2n) is 7.61. The van der Waals surface area contributed by atoms with Crippen LogP contribution in [0.25, 0.3) is 21.3 Å². The number of para-hydroxylation sites is 1. The van der Waals surface area contributed by atoms with Gasteiger partial charge >= 0.3 is 0 Å². The van der Waals surface area contributed by atoms with Crippen LogP contribution in [-0.2, 0) is 6.42 Å². The van der Waals surface area contributed by atoms with E-state index < -0.39 is 0 Å². The number of nitrogens with zero attached hydrogens (tertiary/aromatic N) is 2. The number of fused-ring (bicyclic) bond motifs is 1. The molecule has 1 amide bonds. The maximum absolute atomic E-state index is 13.1. The third kappa shape index (κ3) is 4.38. The Morgan fingerprint density at radius 2 is 1.55 bits per heavy atom. The molecular formula is C28H19N3OS. The molecule has 0 bridgehead atoms. The third-order valence-electron chi connectivity index (χ3n) is 5.41. The number of anilines is 1. The van der Waals surface area contributed by atoms with Crippen molar-refractivity contribution in [1.29, 1.82) is 5.26 Å². The van der Waals surface area contributed by atoms with Crippen LogP contribution in [0.3, 0.4) is 0 Å². The van der Waals surface area contributed by atoms with Crippen molar-refractivity contribution in [3.05, 3.63) is 119 Å². The van der Waals surface area contributed by atoms with E-state index in [1.54, 1.807) is 23.5 Å². The molecule has 0 saturated heterocycles. The summed E-state index contributed by atoms with van der Waals surface area (Å²) >= 11 is 1.70. The van der Waals surface area contributed by atoms with Crippen LogP contribution in [0, 0.1) is 11.3 Å². The molecule has 4 aromatic carbocycles. The Kier molecular flexibility index (Phi) is 5.67. The molecule has 33 heavy (non-hydrogen) atoms. The quantitative estimate of drug-likeness (QED) is 0.328. The van der Waals surface area contributed by atoms with Gasteiger partial charge in [-0.2, -0.15) is 5.26 Å². The molecule has 0 aliphatic heterocycles. The van der Waals surface area contributed by atoms with Crippen molar-refractivity contribution in [1.82, 2.24) is 4.98 Å². The third-order valence-corrected chi connectivity index (χ3v) is 6.45. The minimum atomic E-state index is -0.211. The molecule has 0 spiro atoms. The predicted molar refractivity (Wildman–Crippen MR) is 133 cm³/mol. The molecule has 0 saturated carbocycles. The summed E-state index contributed by atoms with van der Waals surface area (Å²) in [6.45, 7) is 0. The van der Waals surface area contributed by atoms with Gasteiger partial charge in [0.2, 0.25) is 0 Å². The first-order chi connectivity index (χ1) is 16.2. The molecule has 5 heteroatoms. The van der Waals surface area contributed by atoms with Gasteiger partial charge in [0.25, 0.3) is 5.91 Å². The summed E-state index contributed by atoms with van der Waals surface area (Å²) in [6, 6.07) is 32.8. The molecule has 5 aromatic rings. The number of carbonyl (C=O) groups excluding carboxylic acids is 1. The maximum Gasteiger partial charge on any atom is 0.256 e. The van der Waals surface area contributed by atoms with E-state index in [9.17, 15) is 10.1 Å². The Morgan fingerprint density at radius 3 is 2.33 bits per heavy atom. The van der Waals surface area contributed by atoms with Crippen LogP contribution < -0.4 is 5.32 Å². The lowest BCUT2D eigenvalue weighted by atomic mass is 9.95. The molecule has 4 nitrogen and oxygen atoms in total. The summed E-state index contributed by atoms with van der Waals surface area (Å²) < 4.78 is 1.19. The van der Waals surface area contributed by atoms with E-state index in [1.165, 1.54) is 4.70 Å². The lowest BCUT2D eigenvalue weighted by Gasteiger charge is -2.12. The highest BCUT2D eigenvalue weighted by atomic mass is 32.1. The SMILES string of the molecule is N#Cc1ccccc1-c1ccccc1C(=O)Nc1ccc(Cc2nc3ccccc3s2)cc1. The Bertz CT molecular complexity index is 1460. The second kappa shape index (κ2) is 9.07. The van der Waals surface area contributed by atoms with Crippen LogP contribution in [0.4, 0.5) is 5.69 Å². The number of aromatic nitrogens is 1. The van der Waals surface area contributed by atoms with Gasteiger partial charge in [-0.15, -0.1) is 11.3 Å². The van der Waals surface area contributed by atoms with Gasteiger partial charge in [-0.3, -0.25) is 4.79 Å². The smallest absolute Gasteiger partial charge is 0.256 e. The summed E-state index contributed by atoms with van der Waals surface area (Å²) in [6.07, 6.45) is 0.751. The van der Waals surface area contributed by atoms with E-state index in [2.05, 4.69) is 17.5 Å². The van der Waals surface area contributed by atoms with E-state index in [0.717, 1.165) is 39.3 Å². The molecule has 0 aliphatic carbocycles. The van der Waals surface area contributed by atoms with Crippen molar-refractivity contribution in [2.45, 2.75) is 6.42 Å². The van der Waals surface area contributed by atoms with Gasteiger partial charge in [0.1, 0.15) is 0 Å². The number of nitriles is 1. The van der Waals surface area contributed by atoms with Crippen LogP contribution in [0.1, 0.15) is 26.5 Å². The van der Waals surface area contributed by atoms with Crippen LogP contribution in [0.2, 0.25) is 0 Å².